The van der Waals surface area contributed by atoms with Gasteiger partial charge in [-0.25, -0.2) is 0 Å². The van der Waals surface area contributed by atoms with Crippen LogP contribution in [0.2, 0.25) is 10.0 Å². The van der Waals surface area contributed by atoms with Crippen molar-refractivity contribution in [1.82, 2.24) is 0 Å². The quantitative estimate of drug-likeness (QED) is 0.800. The Bertz CT molecular complexity index is 363. The Morgan fingerprint density at radius 2 is 2.14 bits per heavy atom. The van der Waals surface area contributed by atoms with E-state index in [4.69, 9.17) is 23.2 Å². The van der Waals surface area contributed by atoms with Gasteiger partial charge in [0.25, 0.3) is 0 Å². The second-order valence-electron chi connectivity index (χ2n) is 2.61. The highest BCUT2D eigenvalue weighted by molar-refractivity contribution is 6.37. The number of halogens is 2. The van der Waals surface area contributed by atoms with E-state index >= 15 is 0 Å². The first-order chi connectivity index (χ1) is 6.56. The van der Waals surface area contributed by atoms with Gasteiger partial charge >= 0.3 is 5.97 Å². The van der Waals surface area contributed by atoms with Crippen LogP contribution in [0, 0.1) is 0 Å². The van der Waals surface area contributed by atoms with Crippen LogP contribution in [0.5, 0.6) is 5.75 Å². The average molecular weight is 235 g/mol. The number of methoxy groups -OCH3 is 1. The van der Waals surface area contributed by atoms with Crippen LogP contribution in [0.3, 0.4) is 0 Å². The molecule has 1 aromatic carbocycles. The molecule has 0 bridgehead atoms. The van der Waals surface area contributed by atoms with Gasteiger partial charge in [-0.2, -0.15) is 0 Å². The Morgan fingerprint density at radius 1 is 1.50 bits per heavy atom. The van der Waals surface area contributed by atoms with Crippen LogP contribution in [0.25, 0.3) is 0 Å². The molecular formula is C9H8Cl2O3. The van der Waals surface area contributed by atoms with Crippen molar-refractivity contribution < 1.29 is 14.6 Å². The van der Waals surface area contributed by atoms with E-state index in [2.05, 4.69) is 4.74 Å². The highest BCUT2D eigenvalue weighted by Crippen LogP contribution is 2.32. The Balaban J connectivity index is 3.06. The average Bonchev–Trinajstić information content (AvgIpc) is 2.18. The largest absolute Gasteiger partial charge is 0.506 e. The SMILES string of the molecule is COC(=O)Cc1c(Cl)ccc(O)c1Cl. The van der Waals surface area contributed by atoms with Crippen LogP contribution in [0.4, 0.5) is 0 Å². The van der Waals surface area contributed by atoms with Crippen LogP contribution in [-0.2, 0) is 16.0 Å². The first-order valence-corrected chi connectivity index (χ1v) is 4.54. The van der Waals surface area contributed by atoms with Crippen molar-refractivity contribution in [3.63, 3.8) is 0 Å². The number of aromatic hydroxyl groups is 1. The number of phenolic OH excluding ortho intramolecular Hbond substituents is 1. The van der Waals surface area contributed by atoms with Gasteiger partial charge < -0.3 is 9.84 Å². The minimum atomic E-state index is -0.459. The van der Waals surface area contributed by atoms with Crippen molar-refractivity contribution >= 4 is 29.2 Å². The number of rotatable bonds is 2. The molecule has 0 radical (unpaired) electrons. The van der Waals surface area contributed by atoms with Crippen molar-refractivity contribution in [2.45, 2.75) is 6.42 Å². The molecule has 3 nitrogen and oxygen atoms in total. The van der Waals surface area contributed by atoms with E-state index in [9.17, 15) is 9.90 Å². The molecule has 5 heteroatoms. The summed E-state index contributed by atoms with van der Waals surface area (Å²) in [7, 11) is 1.27. The monoisotopic (exact) mass is 234 g/mol. The van der Waals surface area contributed by atoms with Crippen LogP contribution in [0.15, 0.2) is 12.1 Å². The van der Waals surface area contributed by atoms with E-state index in [1.807, 2.05) is 0 Å². The van der Waals surface area contributed by atoms with Gasteiger partial charge in [0.05, 0.1) is 18.6 Å². The number of phenols is 1. The lowest BCUT2D eigenvalue weighted by Crippen LogP contribution is -2.05. The first-order valence-electron chi connectivity index (χ1n) is 3.79. The van der Waals surface area contributed by atoms with Crippen LogP contribution >= 0.6 is 23.2 Å². The summed E-state index contributed by atoms with van der Waals surface area (Å²) in [6.07, 6.45) is -0.0530. The van der Waals surface area contributed by atoms with Crippen LogP contribution in [-0.4, -0.2) is 18.2 Å². The first kappa shape index (κ1) is 11.1. The van der Waals surface area contributed by atoms with Crippen molar-refractivity contribution in [3.8, 4) is 5.75 Å². The van der Waals surface area contributed by atoms with Gasteiger partial charge in [0.2, 0.25) is 0 Å². The summed E-state index contributed by atoms with van der Waals surface area (Å²) in [5.74, 6) is -0.561. The Labute approximate surface area is 91.2 Å². The summed E-state index contributed by atoms with van der Waals surface area (Å²) in [5, 5.41) is 9.69. The van der Waals surface area contributed by atoms with Crippen molar-refractivity contribution in [3.05, 3.63) is 27.7 Å². The van der Waals surface area contributed by atoms with Gasteiger partial charge in [-0.05, 0) is 12.1 Å². The normalized spacial score (nSPS) is 9.93. The molecule has 76 valence electrons. The van der Waals surface area contributed by atoms with E-state index in [-0.39, 0.29) is 17.2 Å². The molecule has 1 aromatic rings. The molecule has 0 unspecified atom stereocenters. The minimum absolute atomic E-state index is 0.0530. The highest BCUT2D eigenvalue weighted by atomic mass is 35.5. The fourth-order valence-corrected chi connectivity index (χ4v) is 1.47. The molecule has 0 saturated carbocycles. The maximum absolute atomic E-state index is 11.0. The van der Waals surface area contributed by atoms with E-state index in [0.29, 0.717) is 10.6 Å². The fourth-order valence-electron chi connectivity index (χ4n) is 0.964. The van der Waals surface area contributed by atoms with Gasteiger partial charge in [0, 0.05) is 10.6 Å². The predicted molar refractivity (Wildman–Crippen MR) is 53.8 cm³/mol. The van der Waals surface area contributed by atoms with Crippen molar-refractivity contribution in [2.24, 2.45) is 0 Å². The second kappa shape index (κ2) is 4.53. The van der Waals surface area contributed by atoms with Gasteiger partial charge in [-0.15, -0.1) is 0 Å². The molecule has 0 amide bonds. The molecule has 0 atom stereocenters. The number of carbonyl (C=O) groups excluding carboxylic acids is 1. The van der Waals surface area contributed by atoms with Gasteiger partial charge in [0.1, 0.15) is 5.75 Å². The molecule has 0 aliphatic rings. The number of esters is 1. The Kier molecular flexibility index (Phi) is 3.61. The smallest absolute Gasteiger partial charge is 0.310 e. The minimum Gasteiger partial charge on any atom is -0.506 e. The van der Waals surface area contributed by atoms with E-state index in [1.165, 1.54) is 19.2 Å². The molecule has 0 aromatic heterocycles. The number of hydrogen-bond donors (Lipinski definition) is 1. The zero-order chi connectivity index (χ0) is 10.7. The zero-order valence-corrected chi connectivity index (χ0v) is 8.89. The lowest BCUT2D eigenvalue weighted by Gasteiger charge is -2.06. The fraction of sp³-hybridized carbons (Fsp3) is 0.222. The Hall–Kier alpha value is -0.930. The molecule has 0 aliphatic heterocycles. The highest BCUT2D eigenvalue weighted by Gasteiger charge is 2.13. The third-order valence-electron chi connectivity index (χ3n) is 1.71. The third kappa shape index (κ3) is 2.30. The zero-order valence-electron chi connectivity index (χ0n) is 7.38. The number of benzene rings is 1. The van der Waals surface area contributed by atoms with E-state index < -0.39 is 5.97 Å². The summed E-state index contributed by atoms with van der Waals surface area (Å²) < 4.78 is 4.47. The third-order valence-corrected chi connectivity index (χ3v) is 2.49. The lowest BCUT2D eigenvalue weighted by atomic mass is 10.1. The summed E-state index contributed by atoms with van der Waals surface area (Å²) in [6.45, 7) is 0. The summed E-state index contributed by atoms with van der Waals surface area (Å²) in [6, 6.07) is 2.84. The van der Waals surface area contributed by atoms with Crippen molar-refractivity contribution in [1.29, 1.82) is 0 Å². The van der Waals surface area contributed by atoms with Crippen LogP contribution < -0.4 is 0 Å². The van der Waals surface area contributed by atoms with Gasteiger partial charge in [0.15, 0.2) is 0 Å². The van der Waals surface area contributed by atoms with Crippen LogP contribution in [0.1, 0.15) is 5.56 Å². The summed E-state index contributed by atoms with van der Waals surface area (Å²) in [4.78, 5) is 11.0. The van der Waals surface area contributed by atoms with E-state index in [1.54, 1.807) is 0 Å². The molecule has 1 rings (SSSR count). The number of ether oxygens (including phenoxy) is 1. The molecule has 14 heavy (non-hydrogen) atoms. The Morgan fingerprint density at radius 3 is 2.71 bits per heavy atom. The molecular weight excluding hydrogens is 227 g/mol. The number of carbonyl (C=O) groups is 1. The summed E-state index contributed by atoms with van der Waals surface area (Å²) >= 11 is 11.6. The van der Waals surface area contributed by atoms with Gasteiger partial charge in [-0.3, -0.25) is 4.79 Å². The molecule has 0 heterocycles. The molecule has 0 spiro atoms. The lowest BCUT2D eigenvalue weighted by molar-refractivity contribution is -0.139. The van der Waals surface area contributed by atoms with Crippen molar-refractivity contribution in [2.75, 3.05) is 7.11 Å². The predicted octanol–water partition coefficient (Wildman–Crippen LogP) is 2.41. The molecule has 0 fully saturated rings. The maximum atomic E-state index is 11.0. The van der Waals surface area contributed by atoms with Gasteiger partial charge in [-0.1, -0.05) is 23.2 Å². The molecule has 0 saturated heterocycles. The maximum Gasteiger partial charge on any atom is 0.310 e. The molecule has 1 N–H and O–H groups in total. The summed E-state index contributed by atoms with van der Waals surface area (Å²) in [5.41, 5.74) is 0.375. The number of hydrogen-bond acceptors (Lipinski definition) is 3. The standard InChI is InChI=1S/C9H8Cl2O3/c1-14-8(13)4-5-6(10)2-3-7(12)9(5)11/h2-3,12H,4H2,1H3. The topological polar surface area (TPSA) is 46.5 Å². The second-order valence-corrected chi connectivity index (χ2v) is 3.40. The molecule has 0 aliphatic carbocycles. The van der Waals surface area contributed by atoms with E-state index in [0.717, 1.165) is 0 Å².